The van der Waals surface area contributed by atoms with Gasteiger partial charge in [0.25, 0.3) is 0 Å². The molecule has 0 saturated carbocycles. The average Bonchev–Trinajstić information content (AvgIpc) is 2.31. The van der Waals surface area contributed by atoms with Crippen LogP contribution in [0.2, 0.25) is 0 Å². The molecule has 11 heavy (non-hydrogen) atoms. The van der Waals surface area contributed by atoms with Gasteiger partial charge in [-0.15, -0.1) is 11.3 Å². The fourth-order valence-electron chi connectivity index (χ4n) is 0.661. The zero-order chi connectivity index (χ0) is 8.27. The third kappa shape index (κ3) is 3.31. The molecule has 0 amide bonds. The molecule has 1 N–H and O–H groups in total. The molecule has 1 rings (SSSR count). The molecule has 4 heteroatoms. The Labute approximate surface area is 79.2 Å². The summed E-state index contributed by atoms with van der Waals surface area (Å²) in [6.07, 6.45) is 0. The lowest BCUT2D eigenvalue weighted by Gasteiger charge is -2.04. The Kier molecular flexibility index (Phi) is 3.48. The van der Waals surface area contributed by atoms with E-state index in [1.165, 1.54) is 0 Å². The summed E-state index contributed by atoms with van der Waals surface area (Å²) < 4.78 is 0.933. The highest BCUT2D eigenvalue weighted by atomic mass is 79.9. The van der Waals surface area contributed by atoms with Crippen LogP contribution in [0.1, 0.15) is 18.9 Å². The molecule has 1 aromatic heterocycles. The van der Waals surface area contributed by atoms with Gasteiger partial charge in [-0.1, -0.05) is 13.8 Å². The summed E-state index contributed by atoms with van der Waals surface area (Å²) in [5.74, 6) is 0. The Morgan fingerprint density at radius 3 is 2.91 bits per heavy atom. The summed E-state index contributed by atoms with van der Waals surface area (Å²) in [5, 5.41) is 6.43. The SMILES string of the molecule is CC(C)NCc1nc(Br)cs1. The number of thiazole rings is 1. The lowest BCUT2D eigenvalue weighted by atomic mass is 10.4. The number of rotatable bonds is 3. The van der Waals surface area contributed by atoms with Gasteiger partial charge in [-0.3, -0.25) is 0 Å². The summed E-state index contributed by atoms with van der Waals surface area (Å²) in [6.45, 7) is 5.12. The monoisotopic (exact) mass is 234 g/mol. The Hall–Kier alpha value is 0.0700. The standard InChI is InChI=1S/C7H11BrN2S/c1-5(2)9-3-7-10-6(8)4-11-7/h4-5,9H,3H2,1-2H3. The highest BCUT2D eigenvalue weighted by Crippen LogP contribution is 2.14. The maximum Gasteiger partial charge on any atom is 0.117 e. The molecular formula is C7H11BrN2S. The van der Waals surface area contributed by atoms with Crippen LogP contribution in [0.4, 0.5) is 0 Å². The Morgan fingerprint density at radius 2 is 2.45 bits per heavy atom. The van der Waals surface area contributed by atoms with Crippen molar-refractivity contribution in [2.45, 2.75) is 26.4 Å². The minimum atomic E-state index is 0.526. The number of nitrogens with one attached hydrogen (secondary N) is 1. The van der Waals surface area contributed by atoms with Crippen molar-refractivity contribution in [3.05, 3.63) is 15.0 Å². The molecule has 0 spiro atoms. The van der Waals surface area contributed by atoms with Crippen LogP contribution < -0.4 is 5.32 Å². The van der Waals surface area contributed by atoms with Crippen LogP contribution in [0.25, 0.3) is 0 Å². The average molecular weight is 235 g/mol. The molecule has 0 aromatic carbocycles. The molecule has 0 atom stereocenters. The normalized spacial score (nSPS) is 10.9. The quantitative estimate of drug-likeness (QED) is 0.870. The van der Waals surface area contributed by atoms with Crippen LogP contribution in [0.3, 0.4) is 0 Å². The predicted octanol–water partition coefficient (Wildman–Crippen LogP) is 2.40. The van der Waals surface area contributed by atoms with Gasteiger partial charge < -0.3 is 5.32 Å². The third-order valence-electron chi connectivity index (χ3n) is 1.19. The van der Waals surface area contributed by atoms with Crippen LogP contribution in [0.5, 0.6) is 0 Å². The number of aromatic nitrogens is 1. The lowest BCUT2D eigenvalue weighted by molar-refractivity contribution is 0.587. The van der Waals surface area contributed by atoms with Crippen molar-refractivity contribution < 1.29 is 0 Å². The van der Waals surface area contributed by atoms with Crippen molar-refractivity contribution in [3.8, 4) is 0 Å². The van der Waals surface area contributed by atoms with E-state index in [4.69, 9.17) is 0 Å². The van der Waals surface area contributed by atoms with E-state index in [0.29, 0.717) is 6.04 Å². The second-order valence-electron chi connectivity index (χ2n) is 2.60. The number of nitrogens with zero attached hydrogens (tertiary/aromatic N) is 1. The minimum Gasteiger partial charge on any atom is -0.308 e. The zero-order valence-corrected chi connectivity index (χ0v) is 9.00. The predicted molar refractivity (Wildman–Crippen MR) is 51.8 cm³/mol. The third-order valence-corrected chi connectivity index (χ3v) is 2.74. The molecule has 1 heterocycles. The molecule has 0 saturated heterocycles. The lowest BCUT2D eigenvalue weighted by Crippen LogP contribution is -2.21. The first-order chi connectivity index (χ1) is 5.18. The molecule has 2 nitrogen and oxygen atoms in total. The minimum absolute atomic E-state index is 0.526. The maximum absolute atomic E-state index is 4.26. The second kappa shape index (κ2) is 4.18. The van der Waals surface area contributed by atoms with Gasteiger partial charge in [-0.05, 0) is 15.9 Å². The molecule has 0 radical (unpaired) electrons. The van der Waals surface area contributed by atoms with Crippen molar-refractivity contribution in [2.24, 2.45) is 0 Å². The number of hydrogen-bond acceptors (Lipinski definition) is 3. The van der Waals surface area contributed by atoms with Gasteiger partial charge in [-0.2, -0.15) is 0 Å². The second-order valence-corrected chi connectivity index (χ2v) is 4.35. The first-order valence-electron chi connectivity index (χ1n) is 3.52. The van der Waals surface area contributed by atoms with Crippen LogP contribution in [0, 0.1) is 0 Å². The topological polar surface area (TPSA) is 24.9 Å². The fraction of sp³-hybridized carbons (Fsp3) is 0.571. The van der Waals surface area contributed by atoms with Gasteiger partial charge in [-0.25, -0.2) is 4.98 Å². The van der Waals surface area contributed by atoms with E-state index in [1.807, 2.05) is 5.38 Å². The summed E-state index contributed by atoms with van der Waals surface area (Å²) in [6, 6.07) is 0.526. The molecule has 0 aliphatic rings. The van der Waals surface area contributed by atoms with Crippen LogP contribution in [0.15, 0.2) is 9.98 Å². The van der Waals surface area contributed by atoms with Crippen molar-refractivity contribution in [1.82, 2.24) is 10.3 Å². The summed E-state index contributed by atoms with van der Waals surface area (Å²) in [4.78, 5) is 4.26. The van der Waals surface area contributed by atoms with Crippen molar-refractivity contribution >= 4 is 27.3 Å². The van der Waals surface area contributed by atoms with E-state index in [1.54, 1.807) is 11.3 Å². The summed E-state index contributed by atoms with van der Waals surface area (Å²) in [5.41, 5.74) is 0. The van der Waals surface area contributed by atoms with Crippen LogP contribution >= 0.6 is 27.3 Å². The molecule has 1 aromatic rings. The highest BCUT2D eigenvalue weighted by molar-refractivity contribution is 9.10. The van der Waals surface area contributed by atoms with Gasteiger partial charge in [0, 0.05) is 18.0 Å². The first-order valence-corrected chi connectivity index (χ1v) is 5.19. The Balaban J connectivity index is 2.39. The number of halogens is 1. The molecule has 62 valence electrons. The van der Waals surface area contributed by atoms with Crippen molar-refractivity contribution in [2.75, 3.05) is 0 Å². The molecule has 0 fully saturated rings. The van der Waals surface area contributed by atoms with Gasteiger partial charge in [0.2, 0.25) is 0 Å². The molecule has 0 aliphatic heterocycles. The van der Waals surface area contributed by atoms with Gasteiger partial charge in [0.05, 0.1) is 0 Å². The van der Waals surface area contributed by atoms with E-state index in [9.17, 15) is 0 Å². The van der Waals surface area contributed by atoms with Crippen molar-refractivity contribution in [1.29, 1.82) is 0 Å². The maximum atomic E-state index is 4.26. The van der Waals surface area contributed by atoms with E-state index in [-0.39, 0.29) is 0 Å². The molecular weight excluding hydrogens is 224 g/mol. The van der Waals surface area contributed by atoms with Gasteiger partial charge in [0.15, 0.2) is 0 Å². The van der Waals surface area contributed by atoms with Crippen LogP contribution in [-0.4, -0.2) is 11.0 Å². The highest BCUT2D eigenvalue weighted by Gasteiger charge is 1.99. The largest absolute Gasteiger partial charge is 0.308 e. The van der Waals surface area contributed by atoms with Crippen LogP contribution in [-0.2, 0) is 6.54 Å². The van der Waals surface area contributed by atoms with Gasteiger partial charge >= 0.3 is 0 Å². The number of hydrogen-bond donors (Lipinski definition) is 1. The fourth-order valence-corrected chi connectivity index (χ4v) is 1.88. The first kappa shape index (κ1) is 9.16. The Morgan fingerprint density at radius 1 is 1.73 bits per heavy atom. The zero-order valence-electron chi connectivity index (χ0n) is 6.60. The van der Waals surface area contributed by atoms with E-state index >= 15 is 0 Å². The summed E-state index contributed by atoms with van der Waals surface area (Å²) in [7, 11) is 0. The van der Waals surface area contributed by atoms with E-state index < -0.39 is 0 Å². The van der Waals surface area contributed by atoms with E-state index in [2.05, 4.69) is 40.1 Å². The smallest absolute Gasteiger partial charge is 0.117 e. The Bertz CT molecular complexity index is 222. The molecule has 0 aliphatic carbocycles. The molecule has 0 bridgehead atoms. The van der Waals surface area contributed by atoms with E-state index in [0.717, 1.165) is 16.2 Å². The van der Waals surface area contributed by atoms with Gasteiger partial charge in [0.1, 0.15) is 9.61 Å². The summed E-state index contributed by atoms with van der Waals surface area (Å²) >= 11 is 4.98. The molecule has 0 unspecified atom stereocenters. The van der Waals surface area contributed by atoms with Crippen molar-refractivity contribution in [3.63, 3.8) is 0 Å².